The minimum atomic E-state index is -3.51. The van der Waals surface area contributed by atoms with Crippen LogP contribution in [0.3, 0.4) is 0 Å². The topological polar surface area (TPSA) is 61.8 Å². The third-order valence-corrected chi connectivity index (χ3v) is 5.19. The summed E-state index contributed by atoms with van der Waals surface area (Å²) in [5, 5.41) is 3.53. The summed E-state index contributed by atoms with van der Waals surface area (Å²) in [5.74, 6) is 0. The van der Waals surface area contributed by atoms with Gasteiger partial charge >= 0.3 is 0 Å². The highest BCUT2D eigenvalue weighted by Crippen LogP contribution is 2.28. The molecular weight excluding hydrogens is 274 g/mol. The molecule has 0 saturated heterocycles. The van der Waals surface area contributed by atoms with Crippen LogP contribution < -0.4 is 10.2 Å². The van der Waals surface area contributed by atoms with Crippen molar-refractivity contribution in [3.05, 3.63) is 24.3 Å². The normalized spacial score (nSPS) is 21.1. The number of hydrogen-bond donors (Lipinski definition) is 1. The van der Waals surface area contributed by atoms with E-state index >= 15 is 0 Å². The van der Waals surface area contributed by atoms with Gasteiger partial charge in [0.15, 0.2) is 0 Å². The summed E-state index contributed by atoms with van der Waals surface area (Å²) >= 11 is 0. The van der Waals surface area contributed by atoms with E-state index in [0.29, 0.717) is 10.9 Å². The summed E-state index contributed by atoms with van der Waals surface area (Å²) in [6.07, 6.45) is 6.54. The van der Waals surface area contributed by atoms with Gasteiger partial charge in [-0.25, -0.2) is 0 Å². The Morgan fingerprint density at radius 1 is 1.25 bits per heavy atom. The number of nitrogens with one attached hydrogen (secondary N) is 1. The first-order valence-electron chi connectivity index (χ1n) is 7.06. The number of sulfonamides is 1. The lowest BCUT2D eigenvalue weighted by molar-refractivity contribution is 0.531. The molecule has 1 aromatic carbocycles. The van der Waals surface area contributed by atoms with Gasteiger partial charge in [0.05, 0.1) is 5.69 Å². The molecular formula is C14H19N3O2S. The minimum Gasteiger partial charge on any atom is -0.329 e. The molecule has 108 valence electrons. The van der Waals surface area contributed by atoms with Crippen molar-refractivity contribution in [2.24, 2.45) is 4.40 Å². The quantitative estimate of drug-likeness (QED) is 0.919. The zero-order chi connectivity index (χ0) is 14.0. The predicted molar refractivity (Wildman–Crippen MR) is 79.7 cm³/mol. The third-order valence-electron chi connectivity index (χ3n) is 3.92. The van der Waals surface area contributed by atoms with E-state index < -0.39 is 10.0 Å². The molecule has 3 rings (SSSR count). The molecule has 1 aliphatic heterocycles. The van der Waals surface area contributed by atoms with Crippen molar-refractivity contribution in [1.29, 1.82) is 0 Å². The van der Waals surface area contributed by atoms with Gasteiger partial charge in [-0.2, -0.15) is 8.42 Å². The van der Waals surface area contributed by atoms with Crippen LogP contribution in [0.25, 0.3) is 0 Å². The van der Waals surface area contributed by atoms with E-state index in [9.17, 15) is 8.42 Å². The molecule has 20 heavy (non-hydrogen) atoms. The summed E-state index contributed by atoms with van der Waals surface area (Å²) < 4.78 is 27.4. The molecule has 6 heteroatoms. The molecule has 1 saturated carbocycles. The number of fused-ring (bicyclic) bond motifs is 1. The Labute approximate surface area is 119 Å². The third kappa shape index (κ3) is 2.71. The second kappa shape index (κ2) is 5.54. The van der Waals surface area contributed by atoms with Gasteiger partial charge in [-0.1, -0.05) is 25.0 Å². The van der Waals surface area contributed by atoms with Crippen LogP contribution in [0.5, 0.6) is 0 Å². The zero-order valence-corrected chi connectivity index (χ0v) is 12.1. The molecule has 0 radical (unpaired) electrons. The lowest BCUT2D eigenvalue weighted by Gasteiger charge is -2.25. The Hall–Kier alpha value is -1.40. The summed E-state index contributed by atoms with van der Waals surface area (Å²) in [4.78, 5) is 2.20. The first-order chi connectivity index (χ1) is 9.67. The van der Waals surface area contributed by atoms with Crippen molar-refractivity contribution in [3.8, 4) is 0 Å². The molecule has 1 heterocycles. The Morgan fingerprint density at radius 3 is 2.80 bits per heavy atom. The highest BCUT2D eigenvalue weighted by Gasteiger charge is 2.24. The molecule has 2 aliphatic rings. The van der Waals surface area contributed by atoms with E-state index in [4.69, 9.17) is 0 Å². The van der Waals surface area contributed by atoms with Gasteiger partial charge in [0.1, 0.15) is 11.2 Å². The van der Waals surface area contributed by atoms with Crippen LogP contribution in [0.15, 0.2) is 33.6 Å². The van der Waals surface area contributed by atoms with Crippen LogP contribution in [0.2, 0.25) is 0 Å². The first kappa shape index (κ1) is 13.6. The maximum atomic E-state index is 11.9. The Bertz CT molecular complexity index is 607. The SMILES string of the molecule is O=S1(=O)N=CN(CCNC2CCCC2)c2ccccc21. The van der Waals surface area contributed by atoms with Crippen LogP contribution in [0, 0.1) is 0 Å². The number of hydrogen-bond acceptors (Lipinski definition) is 4. The maximum Gasteiger partial charge on any atom is 0.285 e. The molecule has 1 aromatic rings. The first-order valence-corrected chi connectivity index (χ1v) is 8.50. The van der Waals surface area contributed by atoms with E-state index in [-0.39, 0.29) is 0 Å². The molecule has 1 fully saturated rings. The molecule has 1 N–H and O–H groups in total. The maximum absolute atomic E-state index is 11.9. The number of rotatable bonds is 4. The van der Waals surface area contributed by atoms with Gasteiger partial charge in [-0.15, -0.1) is 4.40 Å². The van der Waals surface area contributed by atoms with Crippen molar-refractivity contribution < 1.29 is 8.42 Å². The second-order valence-electron chi connectivity index (χ2n) is 5.29. The Morgan fingerprint density at radius 2 is 2.00 bits per heavy atom. The van der Waals surface area contributed by atoms with Crippen molar-refractivity contribution in [1.82, 2.24) is 5.32 Å². The fourth-order valence-corrected chi connectivity index (χ4v) is 3.90. The molecule has 0 unspecified atom stereocenters. The molecule has 5 nitrogen and oxygen atoms in total. The largest absolute Gasteiger partial charge is 0.329 e. The Kier molecular flexibility index (Phi) is 3.76. The van der Waals surface area contributed by atoms with E-state index in [1.165, 1.54) is 32.0 Å². The number of nitrogens with zero attached hydrogens (tertiary/aromatic N) is 2. The van der Waals surface area contributed by atoms with E-state index in [0.717, 1.165) is 18.8 Å². The van der Waals surface area contributed by atoms with Gasteiger partial charge in [0.25, 0.3) is 10.0 Å². The second-order valence-corrected chi connectivity index (χ2v) is 6.89. The fourth-order valence-electron chi connectivity index (χ4n) is 2.85. The minimum absolute atomic E-state index is 0.295. The average Bonchev–Trinajstić information content (AvgIpc) is 2.95. The van der Waals surface area contributed by atoms with Gasteiger partial charge in [-0.05, 0) is 25.0 Å². The number of para-hydroxylation sites is 1. The number of benzene rings is 1. The van der Waals surface area contributed by atoms with E-state index in [2.05, 4.69) is 9.71 Å². The van der Waals surface area contributed by atoms with Crippen molar-refractivity contribution >= 4 is 22.0 Å². The molecule has 1 aliphatic carbocycles. The van der Waals surface area contributed by atoms with Crippen molar-refractivity contribution in [2.75, 3.05) is 18.0 Å². The Balaban J connectivity index is 1.68. The standard InChI is InChI=1S/C14H19N3O2S/c18-20(19)14-8-4-3-7-13(14)17(11-16-20)10-9-15-12-5-1-2-6-12/h3-4,7-8,11-12,15H,1-2,5-6,9-10H2. The summed E-state index contributed by atoms with van der Waals surface area (Å²) in [7, 11) is -3.51. The van der Waals surface area contributed by atoms with Crippen LogP contribution in [0.1, 0.15) is 25.7 Å². The molecule has 0 spiro atoms. The van der Waals surface area contributed by atoms with E-state index in [1.54, 1.807) is 12.1 Å². The van der Waals surface area contributed by atoms with Gasteiger partial charge in [0.2, 0.25) is 0 Å². The van der Waals surface area contributed by atoms with Crippen LogP contribution in [0.4, 0.5) is 5.69 Å². The van der Waals surface area contributed by atoms with Crippen LogP contribution in [-0.4, -0.2) is 33.9 Å². The lowest BCUT2D eigenvalue weighted by Crippen LogP contribution is -2.37. The predicted octanol–water partition coefficient (Wildman–Crippen LogP) is 1.76. The van der Waals surface area contributed by atoms with Crippen molar-refractivity contribution in [3.63, 3.8) is 0 Å². The van der Waals surface area contributed by atoms with Crippen LogP contribution in [-0.2, 0) is 10.0 Å². The molecule has 0 bridgehead atoms. The highest BCUT2D eigenvalue weighted by atomic mass is 32.2. The molecule has 0 aromatic heterocycles. The van der Waals surface area contributed by atoms with Gasteiger partial charge < -0.3 is 10.2 Å². The smallest absolute Gasteiger partial charge is 0.285 e. The lowest BCUT2D eigenvalue weighted by atomic mass is 10.2. The van der Waals surface area contributed by atoms with Gasteiger partial charge in [-0.3, -0.25) is 0 Å². The average molecular weight is 293 g/mol. The zero-order valence-electron chi connectivity index (χ0n) is 11.3. The molecule has 0 atom stereocenters. The van der Waals surface area contributed by atoms with Gasteiger partial charge in [0, 0.05) is 19.1 Å². The van der Waals surface area contributed by atoms with E-state index in [1.807, 2.05) is 17.0 Å². The summed E-state index contributed by atoms with van der Waals surface area (Å²) in [6.45, 7) is 1.57. The summed E-state index contributed by atoms with van der Waals surface area (Å²) in [6, 6.07) is 7.64. The monoisotopic (exact) mass is 293 g/mol. The number of anilines is 1. The summed E-state index contributed by atoms with van der Waals surface area (Å²) in [5.41, 5.74) is 0.718. The van der Waals surface area contributed by atoms with Crippen LogP contribution >= 0.6 is 0 Å². The fraction of sp³-hybridized carbons (Fsp3) is 0.500. The van der Waals surface area contributed by atoms with Crippen molar-refractivity contribution in [2.45, 2.75) is 36.6 Å². The molecule has 0 amide bonds. The highest BCUT2D eigenvalue weighted by molar-refractivity contribution is 7.90.